The molecule has 7 heteroatoms. The number of benzene rings is 1. The fourth-order valence-electron chi connectivity index (χ4n) is 4.10. The van der Waals surface area contributed by atoms with Crippen molar-refractivity contribution in [1.82, 2.24) is 29.3 Å². The molecule has 0 saturated carbocycles. The Bertz CT molecular complexity index is 1230. The number of hydrogen-bond acceptors (Lipinski definition) is 5. The van der Waals surface area contributed by atoms with Crippen molar-refractivity contribution in [3.05, 3.63) is 66.2 Å². The van der Waals surface area contributed by atoms with E-state index in [9.17, 15) is 0 Å². The number of hydrogen-bond donors (Lipinski definition) is 0. The lowest BCUT2D eigenvalue weighted by molar-refractivity contribution is 0.238. The van der Waals surface area contributed by atoms with Crippen LogP contribution >= 0.6 is 0 Å². The van der Waals surface area contributed by atoms with Crippen LogP contribution in [0.1, 0.15) is 24.2 Å². The highest BCUT2D eigenvalue weighted by atomic mass is 16.5. The molecule has 4 aromatic rings. The van der Waals surface area contributed by atoms with E-state index in [0.29, 0.717) is 13.0 Å². The van der Waals surface area contributed by atoms with E-state index >= 15 is 0 Å². The molecule has 0 unspecified atom stereocenters. The van der Waals surface area contributed by atoms with Crippen molar-refractivity contribution < 1.29 is 4.74 Å². The molecule has 4 heterocycles. The molecule has 1 fully saturated rings. The Morgan fingerprint density at radius 1 is 1.06 bits per heavy atom. The highest BCUT2D eigenvalue weighted by Gasteiger charge is 2.12. The fourth-order valence-corrected chi connectivity index (χ4v) is 4.10. The summed E-state index contributed by atoms with van der Waals surface area (Å²) in [6.45, 7) is 4.56. The normalized spacial score (nSPS) is 14.1. The first-order chi connectivity index (χ1) is 15.8. The van der Waals surface area contributed by atoms with Gasteiger partial charge in [-0.05, 0) is 55.8 Å². The van der Waals surface area contributed by atoms with Crippen LogP contribution in [-0.4, -0.2) is 55.5 Å². The van der Waals surface area contributed by atoms with Crippen LogP contribution in [0.15, 0.2) is 54.9 Å². The molecule has 1 aliphatic heterocycles. The van der Waals surface area contributed by atoms with E-state index < -0.39 is 0 Å². The first-order valence-corrected chi connectivity index (χ1v) is 11.0. The van der Waals surface area contributed by atoms with Crippen LogP contribution in [0, 0.1) is 12.3 Å². The lowest BCUT2D eigenvalue weighted by Gasteiger charge is -2.14. The van der Waals surface area contributed by atoms with Crippen LogP contribution in [-0.2, 0) is 13.0 Å². The standard InChI is InChI=1S/C25H26N6O/c1-2-12-30-19-21(18-26-30)23-6-5-7-25-27-24(28-31(23)25)17-20-8-10-22(11-9-20)32-16-15-29-13-3-4-14-29/h1,5-11,18-19H,3-4,12-17H2. The molecule has 1 aromatic carbocycles. The second-order valence-corrected chi connectivity index (χ2v) is 8.06. The third-order valence-electron chi connectivity index (χ3n) is 5.75. The van der Waals surface area contributed by atoms with Crippen LogP contribution in [0.3, 0.4) is 0 Å². The van der Waals surface area contributed by atoms with Crippen molar-refractivity contribution >= 4 is 5.65 Å². The minimum Gasteiger partial charge on any atom is -0.492 e. The predicted octanol–water partition coefficient (Wildman–Crippen LogP) is 3.29. The molecule has 32 heavy (non-hydrogen) atoms. The zero-order chi connectivity index (χ0) is 21.8. The van der Waals surface area contributed by atoms with Gasteiger partial charge < -0.3 is 4.74 Å². The Kier molecular flexibility index (Phi) is 5.86. The molecule has 0 bridgehead atoms. The number of aromatic nitrogens is 5. The van der Waals surface area contributed by atoms with Gasteiger partial charge in [0.2, 0.25) is 0 Å². The quantitative estimate of drug-likeness (QED) is 0.405. The van der Waals surface area contributed by atoms with Gasteiger partial charge in [0, 0.05) is 24.7 Å². The zero-order valence-corrected chi connectivity index (χ0v) is 18.0. The number of rotatable bonds is 8. The topological polar surface area (TPSA) is 60.5 Å². The summed E-state index contributed by atoms with van der Waals surface area (Å²) in [6.07, 6.45) is 12.4. The summed E-state index contributed by atoms with van der Waals surface area (Å²) in [7, 11) is 0. The van der Waals surface area contributed by atoms with E-state index in [4.69, 9.17) is 21.2 Å². The first-order valence-electron chi connectivity index (χ1n) is 11.0. The number of pyridine rings is 1. The van der Waals surface area contributed by atoms with E-state index in [1.165, 1.54) is 25.9 Å². The Hall–Kier alpha value is -3.63. The minimum absolute atomic E-state index is 0.441. The monoisotopic (exact) mass is 426 g/mol. The van der Waals surface area contributed by atoms with Gasteiger partial charge in [-0.1, -0.05) is 24.1 Å². The third kappa shape index (κ3) is 4.51. The minimum atomic E-state index is 0.441. The fraction of sp³-hybridized carbons (Fsp3) is 0.320. The Morgan fingerprint density at radius 3 is 2.72 bits per heavy atom. The highest BCUT2D eigenvalue weighted by molar-refractivity contribution is 5.61. The van der Waals surface area contributed by atoms with Gasteiger partial charge in [0.25, 0.3) is 0 Å². The van der Waals surface area contributed by atoms with Crippen molar-refractivity contribution in [2.75, 3.05) is 26.2 Å². The van der Waals surface area contributed by atoms with Crippen molar-refractivity contribution in [3.63, 3.8) is 0 Å². The van der Waals surface area contributed by atoms with Gasteiger partial charge >= 0.3 is 0 Å². The third-order valence-corrected chi connectivity index (χ3v) is 5.75. The molecule has 0 aliphatic carbocycles. The van der Waals surface area contributed by atoms with E-state index in [1.807, 2.05) is 41.0 Å². The molecule has 0 spiro atoms. The van der Waals surface area contributed by atoms with E-state index in [1.54, 1.807) is 10.9 Å². The summed E-state index contributed by atoms with van der Waals surface area (Å²) in [4.78, 5) is 7.17. The van der Waals surface area contributed by atoms with Gasteiger partial charge in [-0.25, -0.2) is 9.50 Å². The summed E-state index contributed by atoms with van der Waals surface area (Å²) in [5.74, 6) is 4.28. The van der Waals surface area contributed by atoms with Crippen LogP contribution in [0.25, 0.3) is 16.9 Å². The lowest BCUT2D eigenvalue weighted by Crippen LogP contribution is -2.25. The van der Waals surface area contributed by atoms with Crippen molar-refractivity contribution in [2.24, 2.45) is 0 Å². The Labute approximate surface area is 187 Å². The number of likely N-dealkylation sites (tertiary alicyclic amines) is 1. The largest absolute Gasteiger partial charge is 0.492 e. The maximum atomic E-state index is 5.91. The summed E-state index contributed by atoms with van der Waals surface area (Å²) in [5, 5.41) is 9.06. The molecule has 5 rings (SSSR count). The second kappa shape index (κ2) is 9.25. The van der Waals surface area contributed by atoms with Crippen LogP contribution in [0.2, 0.25) is 0 Å². The number of fused-ring (bicyclic) bond motifs is 1. The highest BCUT2D eigenvalue weighted by Crippen LogP contribution is 2.21. The van der Waals surface area contributed by atoms with Gasteiger partial charge in [-0.3, -0.25) is 9.58 Å². The summed E-state index contributed by atoms with van der Waals surface area (Å²) < 4.78 is 9.51. The number of nitrogens with zero attached hydrogens (tertiary/aromatic N) is 6. The molecular weight excluding hydrogens is 400 g/mol. The molecule has 1 saturated heterocycles. The molecule has 0 N–H and O–H groups in total. The number of terminal acetylenes is 1. The summed E-state index contributed by atoms with van der Waals surface area (Å²) in [6, 6.07) is 14.2. The van der Waals surface area contributed by atoms with E-state index in [2.05, 4.69) is 28.1 Å². The average molecular weight is 427 g/mol. The van der Waals surface area contributed by atoms with Gasteiger partial charge in [0.1, 0.15) is 18.9 Å². The van der Waals surface area contributed by atoms with E-state index in [-0.39, 0.29) is 0 Å². The average Bonchev–Trinajstić information content (AvgIpc) is 3.56. The second-order valence-electron chi connectivity index (χ2n) is 8.06. The van der Waals surface area contributed by atoms with Gasteiger partial charge in [-0.15, -0.1) is 6.42 Å². The molecule has 1 aliphatic rings. The number of ether oxygens (including phenoxy) is 1. The zero-order valence-electron chi connectivity index (χ0n) is 18.0. The van der Waals surface area contributed by atoms with Gasteiger partial charge in [-0.2, -0.15) is 10.2 Å². The molecule has 0 atom stereocenters. The Balaban J connectivity index is 1.26. The van der Waals surface area contributed by atoms with Gasteiger partial charge in [0.05, 0.1) is 11.9 Å². The van der Waals surface area contributed by atoms with Crippen LogP contribution < -0.4 is 4.74 Å². The Morgan fingerprint density at radius 2 is 1.91 bits per heavy atom. The SMILES string of the molecule is C#CCn1cc(-c2cccc3nc(Cc4ccc(OCCN5CCCC5)cc4)nn23)cn1. The van der Waals surface area contributed by atoms with E-state index in [0.717, 1.165) is 47.2 Å². The molecule has 0 amide bonds. The maximum Gasteiger partial charge on any atom is 0.156 e. The predicted molar refractivity (Wildman–Crippen MR) is 123 cm³/mol. The van der Waals surface area contributed by atoms with Crippen molar-refractivity contribution in [1.29, 1.82) is 0 Å². The molecular formula is C25H26N6O. The first kappa shape index (κ1) is 20.3. The summed E-state index contributed by atoms with van der Waals surface area (Å²) >= 11 is 0. The maximum absolute atomic E-state index is 5.91. The van der Waals surface area contributed by atoms with Crippen molar-refractivity contribution in [2.45, 2.75) is 25.8 Å². The lowest BCUT2D eigenvalue weighted by atomic mass is 10.1. The smallest absolute Gasteiger partial charge is 0.156 e. The van der Waals surface area contributed by atoms with Crippen LogP contribution in [0.4, 0.5) is 0 Å². The van der Waals surface area contributed by atoms with Gasteiger partial charge in [0.15, 0.2) is 11.5 Å². The summed E-state index contributed by atoms with van der Waals surface area (Å²) in [5.41, 5.74) is 3.85. The molecule has 162 valence electrons. The molecule has 0 radical (unpaired) electrons. The van der Waals surface area contributed by atoms with Crippen LogP contribution in [0.5, 0.6) is 5.75 Å². The molecule has 7 nitrogen and oxygen atoms in total. The molecule has 3 aromatic heterocycles. The van der Waals surface area contributed by atoms with Crippen molar-refractivity contribution in [3.8, 4) is 29.4 Å².